The molecule has 0 N–H and O–H groups in total. The molecule has 0 radical (unpaired) electrons. The number of ether oxygens (including phenoxy) is 1. The third-order valence-corrected chi connectivity index (χ3v) is 7.25. The van der Waals surface area contributed by atoms with E-state index in [1.807, 2.05) is 24.8 Å². The average molecular weight is 479 g/mol. The van der Waals surface area contributed by atoms with E-state index in [1.54, 1.807) is 17.3 Å². The molecule has 2 atom stereocenters. The lowest BCUT2D eigenvalue weighted by molar-refractivity contribution is -0.122. The summed E-state index contributed by atoms with van der Waals surface area (Å²) in [5, 5.41) is 0. The van der Waals surface area contributed by atoms with Crippen LogP contribution in [0.3, 0.4) is 0 Å². The second-order valence-corrected chi connectivity index (χ2v) is 9.89. The Hall–Kier alpha value is -3.20. The molecule has 0 aliphatic carbocycles. The second kappa shape index (κ2) is 10.2. The van der Waals surface area contributed by atoms with Gasteiger partial charge in [-0.1, -0.05) is 30.3 Å². The van der Waals surface area contributed by atoms with Crippen LogP contribution in [-0.4, -0.2) is 82.7 Å². The van der Waals surface area contributed by atoms with Crippen molar-refractivity contribution in [1.29, 1.82) is 0 Å². The quantitative estimate of drug-likeness (QED) is 0.611. The first-order valence-electron chi connectivity index (χ1n) is 12.6. The number of benzene rings is 1. The van der Waals surface area contributed by atoms with Crippen LogP contribution >= 0.6 is 0 Å². The first kappa shape index (κ1) is 23.5. The Bertz CT molecular complexity index is 1010. The summed E-state index contributed by atoms with van der Waals surface area (Å²) in [6.07, 6.45) is 5.47. The molecule has 9 heteroatoms. The summed E-state index contributed by atoms with van der Waals surface area (Å²) in [6.45, 7) is 8.88. The molecule has 0 bridgehead atoms. The molecule has 1 aromatic carbocycles. The van der Waals surface area contributed by atoms with Gasteiger partial charge in [-0.05, 0) is 32.3 Å². The summed E-state index contributed by atoms with van der Waals surface area (Å²) in [6, 6.07) is 10.4. The molecule has 2 aromatic rings. The number of nitrogens with zero attached hydrogens (tertiary/aromatic N) is 6. The number of rotatable bonds is 5. The molecule has 0 saturated carbocycles. The number of piperidine rings is 1. The zero-order valence-corrected chi connectivity index (χ0v) is 20.5. The molecule has 0 spiro atoms. The van der Waals surface area contributed by atoms with Gasteiger partial charge in [0.25, 0.3) is 0 Å². The van der Waals surface area contributed by atoms with Gasteiger partial charge < -0.3 is 14.5 Å². The maximum absolute atomic E-state index is 13.1. The molecule has 3 aliphatic rings. The fraction of sp³-hybridized carbons (Fsp3) is 0.538. The molecule has 5 rings (SSSR count). The van der Waals surface area contributed by atoms with Crippen LogP contribution in [0.15, 0.2) is 42.7 Å². The van der Waals surface area contributed by atoms with Gasteiger partial charge >= 0.3 is 6.09 Å². The molecule has 186 valence electrons. The van der Waals surface area contributed by atoms with E-state index < -0.39 is 0 Å². The van der Waals surface area contributed by atoms with E-state index in [9.17, 15) is 9.59 Å². The highest BCUT2D eigenvalue weighted by molar-refractivity contribution is 5.99. The summed E-state index contributed by atoms with van der Waals surface area (Å²) in [5.74, 6) is 0.733. The van der Waals surface area contributed by atoms with Crippen LogP contribution in [0.4, 0.5) is 16.4 Å². The molecule has 3 aliphatic heterocycles. The minimum absolute atomic E-state index is 0.0235. The Balaban J connectivity index is 1.11. The van der Waals surface area contributed by atoms with Crippen LogP contribution in [0.2, 0.25) is 0 Å². The molecular formula is C26H34N6O3. The maximum Gasteiger partial charge on any atom is 0.410 e. The van der Waals surface area contributed by atoms with Gasteiger partial charge in [0, 0.05) is 45.7 Å². The van der Waals surface area contributed by atoms with Gasteiger partial charge in [-0.3, -0.25) is 14.6 Å². The number of piperazine rings is 1. The molecule has 3 saturated heterocycles. The average Bonchev–Trinajstić information content (AvgIpc) is 2.85. The molecule has 1 aromatic heterocycles. The van der Waals surface area contributed by atoms with E-state index in [4.69, 9.17) is 4.74 Å². The monoisotopic (exact) mass is 478 g/mol. The lowest BCUT2D eigenvalue weighted by Gasteiger charge is -2.44. The molecule has 35 heavy (non-hydrogen) atoms. The molecule has 0 unspecified atom stereocenters. The van der Waals surface area contributed by atoms with Crippen LogP contribution < -0.4 is 9.80 Å². The van der Waals surface area contributed by atoms with Crippen molar-refractivity contribution in [1.82, 2.24) is 19.8 Å². The number of carbonyl (C=O) groups is 2. The fourth-order valence-corrected chi connectivity index (χ4v) is 5.28. The largest absolute Gasteiger partial charge is 0.446 e. The third kappa shape index (κ3) is 5.24. The van der Waals surface area contributed by atoms with Crippen LogP contribution in [-0.2, 0) is 16.1 Å². The Morgan fingerprint density at radius 1 is 1.00 bits per heavy atom. The Kier molecular flexibility index (Phi) is 6.86. The number of β-lactam (4-membered cyclic amide) rings is 1. The van der Waals surface area contributed by atoms with Crippen molar-refractivity contribution < 1.29 is 14.3 Å². The van der Waals surface area contributed by atoms with E-state index >= 15 is 0 Å². The van der Waals surface area contributed by atoms with Gasteiger partial charge in [-0.2, -0.15) is 0 Å². The van der Waals surface area contributed by atoms with Crippen molar-refractivity contribution in [2.75, 3.05) is 42.5 Å². The van der Waals surface area contributed by atoms with Crippen molar-refractivity contribution in [2.24, 2.45) is 0 Å². The van der Waals surface area contributed by atoms with Gasteiger partial charge in [0.15, 0.2) is 0 Å². The van der Waals surface area contributed by atoms with Crippen molar-refractivity contribution in [3.05, 3.63) is 48.3 Å². The van der Waals surface area contributed by atoms with Gasteiger partial charge in [0.2, 0.25) is 11.9 Å². The zero-order valence-electron chi connectivity index (χ0n) is 20.5. The molecule has 4 heterocycles. The van der Waals surface area contributed by atoms with E-state index in [1.165, 1.54) is 5.56 Å². The smallest absolute Gasteiger partial charge is 0.410 e. The Morgan fingerprint density at radius 3 is 2.23 bits per heavy atom. The predicted octanol–water partition coefficient (Wildman–Crippen LogP) is 2.91. The summed E-state index contributed by atoms with van der Waals surface area (Å²) >= 11 is 0. The molecular weight excluding hydrogens is 444 g/mol. The Labute approximate surface area is 206 Å². The van der Waals surface area contributed by atoms with Crippen molar-refractivity contribution >= 4 is 23.6 Å². The lowest BCUT2D eigenvalue weighted by atomic mass is 10.1. The predicted molar refractivity (Wildman–Crippen MR) is 133 cm³/mol. The van der Waals surface area contributed by atoms with Crippen LogP contribution in [0, 0.1) is 0 Å². The number of likely N-dealkylation sites (tertiary alicyclic amines) is 1. The number of aromatic nitrogens is 2. The minimum Gasteiger partial charge on any atom is -0.446 e. The minimum atomic E-state index is -0.223. The standard InChI is InChI=1S/C26H34N6O3/c1-19-16-30(25-27-14-22(15-28-25)31-13-10-24(31)33)17-20(2)32(19)26(34)35-23-8-11-29(12-9-23)18-21-6-4-3-5-7-21/h3-7,14-15,19-20,23H,8-13,16-18H2,1-2H3/t19-,20+. The lowest BCUT2D eigenvalue weighted by Crippen LogP contribution is -2.59. The van der Waals surface area contributed by atoms with E-state index in [0.29, 0.717) is 25.5 Å². The maximum atomic E-state index is 13.1. The third-order valence-electron chi connectivity index (χ3n) is 7.25. The number of hydrogen-bond acceptors (Lipinski definition) is 7. The molecule has 2 amide bonds. The van der Waals surface area contributed by atoms with Crippen molar-refractivity contribution in [3.8, 4) is 0 Å². The highest BCUT2D eigenvalue weighted by Crippen LogP contribution is 2.25. The normalized spacial score (nSPS) is 23.8. The van der Waals surface area contributed by atoms with E-state index in [-0.39, 0.29) is 30.2 Å². The van der Waals surface area contributed by atoms with E-state index in [2.05, 4.69) is 44.0 Å². The highest BCUT2D eigenvalue weighted by Gasteiger charge is 2.36. The fourth-order valence-electron chi connectivity index (χ4n) is 5.28. The second-order valence-electron chi connectivity index (χ2n) is 9.89. The number of carbonyl (C=O) groups excluding carboxylic acids is 2. The first-order chi connectivity index (χ1) is 17.0. The molecule has 3 fully saturated rings. The van der Waals surface area contributed by atoms with Gasteiger partial charge in [-0.15, -0.1) is 0 Å². The van der Waals surface area contributed by atoms with Gasteiger partial charge in [0.1, 0.15) is 6.10 Å². The van der Waals surface area contributed by atoms with Crippen LogP contribution in [0.1, 0.15) is 38.7 Å². The van der Waals surface area contributed by atoms with Crippen molar-refractivity contribution in [3.63, 3.8) is 0 Å². The van der Waals surface area contributed by atoms with Gasteiger partial charge in [-0.25, -0.2) is 14.8 Å². The molecule has 9 nitrogen and oxygen atoms in total. The van der Waals surface area contributed by atoms with E-state index in [0.717, 1.165) is 44.7 Å². The van der Waals surface area contributed by atoms with Crippen LogP contribution in [0.5, 0.6) is 0 Å². The summed E-state index contributed by atoms with van der Waals surface area (Å²) in [7, 11) is 0. The number of amides is 2. The highest BCUT2D eigenvalue weighted by atomic mass is 16.6. The zero-order chi connectivity index (χ0) is 24.4. The number of anilines is 2. The summed E-state index contributed by atoms with van der Waals surface area (Å²) in [5.41, 5.74) is 2.05. The topological polar surface area (TPSA) is 82.1 Å². The Morgan fingerprint density at radius 2 is 1.66 bits per heavy atom. The first-order valence-corrected chi connectivity index (χ1v) is 12.6. The summed E-state index contributed by atoms with van der Waals surface area (Å²) < 4.78 is 5.96. The number of hydrogen-bond donors (Lipinski definition) is 0. The van der Waals surface area contributed by atoms with Crippen LogP contribution in [0.25, 0.3) is 0 Å². The van der Waals surface area contributed by atoms with Gasteiger partial charge in [0.05, 0.1) is 30.2 Å². The summed E-state index contributed by atoms with van der Waals surface area (Å²) in [4.78, 5) is 41.8. The van der Waals surface area contributed by atoms with Crippen molar-refractivity contribution in [2.45, 2.75) is 57.8 Å². The SMILES string of the molecule is C[C@@H]1CN(c2ncc(N3CCC3=O)cn2)C[C@H](C)N1C(=O)OC1CCN(Cc2ccccc2)CC1.